The third-order valence-electron chi connectivity index (χ3n) is 5.15. The number of benzene rings is 1. The molecule has 1 saturated heterocycles. The molecule has 2 fully saturated rings. The minimum Gasteiger partial charge on any atom is -0.484 e. The topological polar surface area (TPSA) is 110 Å². The number of hydrogen-bond acceptors (Lipinski definition) is 4. The molecular formula is C17H20N2O5. The summed E-state index contributed by atoms with van der Waals surface area (Å²) in [6, 6.07) is 6.21. The zero-order valence-electron chi connectivity index (χ0n) is 13.2. The zero-order valence-corrected chi connectivity index (χ0v) is 13.2. The van der Waals surface area contributed by atoms with Crippen LogP contribution in [0.5, 0.6) is 5.75 Å². The molecule has 3 rings (SSSR count). The van der Waals surface area contributed by atoms with E-state index in [9.17, 15) is 19.5 Å². The van der Waals surface area contributed by atoms with E-state index in [1.165, 1.54) is 12.1 Å². The van der Waals surface area contributed by atoms with E-state index in [2.05, 4.69) is 0 Å². The minimum absolute atomic E-state index is 0.0359. The molecule has 7 heteroatoms. The van der Waals surface area contributed by atoms with E-state index in [4.69, 9.17) is 10.5 Å². The van der Waals surface area contributed by atoms with Crippen LogP contribution < -0.4 is 10.5 Å². The number of carbonyl (C=O) groups excluding carboxylic acids is 2. The van der Waals surface area contributed by atoms with E-state index in [1.54, 1.807) is 17.0 Å². The lowest BCUT2D eigenvalue weighted by atomic mass is 9.81. The average Bonchev–Trinajstić information content (AvgIpc) is 3.11. The van der Waals surface area contributed by atoms with E-state index in [-0.39, 0.29) is 25.0 Å². The van der Waals surface area contributed by atoms with Gasteiger partial charge in [0, 0.05) is 18.7 Å². The van der Waals surface area contributed by atoms with Crippen molar-refractivity contribution in [1.82, 2.24) is 4.90 Å². The summed E-state index contributed by atoms with van der Waals surface area (Å²) in [6.07, 6.45) is 2.39. The molecule has 1 aromatic rings. The number of primary amides is 1. The van der Waals surface area contributed by atoms with Crippen molar-refractivity contribution in [2.75, 3.05) is 19.7 Å². The molecule has 0 radical (unpaired) electrons. The summed E-state index contributed by atoms with van der Waals surface area (Å²) in [4.78, 5) is 36.6. The van der Waals surface area contributed by atoms with Gasteiger partial charge in [-0.15, -0.1) is 0 Å². The molecular weight excluding hydrogens is 312 g/mol. The molecule has 2 atom stereocenters. The monoisotopic (exact) mass is 332 g/mol. The van der Waals surface area contributed by atoms with Crippen molar-refractivity contribution in [1.29, 1.82) is 0 Å². The molecule has 0 bridgehead atoms. The number of hydrogen-bond donors (Lipinski definition) is 2. The van der Waals surface area contributed by atoms with Crippen molar-refractivity contribution in [3.05, 3.63) is 29.8 Å². The molecule has 3 N–H and O–H groups in total. The van der Waals surface area contributed by atoms with Crippen LogP contribution in [0.4, 0.5) is 0 Å². The summed E-state index contributed by atoms with van der Waals surface area (Å²) < 4.78 is 5.44. The van der Waals surface area contributed by atoms with Crippen molar-refractivity contribution in [2.45, 2.75) is 19.3 Å². The number of nitrogens with zero attached hydrogens (tertiary/aromatic N) is 1. The Bertz CT molecular complexity index is 672. The van der Waals surface area contributed by atoms with Gasteiger partial charge in [-0.05, 0) is 43.0 Å². The molecule has 2 amide bonds. The van der Waals surface area contributed by atoms with Gasteiger partial charge in [0.25, 0.3) is 5.91 Å². The van der Waals surface area contributed by atoms with E-state index in [1.807, 2.05) is 0 Å². The first-order chi connectivity index (χ1) is 11.4. The Balaban J connectivity index is 1.58. The fourth-order valence-corrected chi connectivity index (χ4v) is 3.78. The highest BCUT2D eigenvalue weighted by atomic mass is 16.5. The van der Waals surface area contributed by atoms with Crippen LogP contribution in [0.2, 0.25) is 0 Å². The number of nitrogens with two attached hydrogens (primary N) is 1. The third-order valence-corrected chi connectivity index (χ3v) is 5.15. The van der Waals surface area contributed by atoms with Gasteiger partial charge in [-0.2, -0.15) is 0 Å². The standard InChI is InChI=1S/C17H20N2O5/c18-15(21)11-3-5-13(6-4-11)24-9-14(20)19-8-12-2-1-7-17(12,10-19)16(22)23/h3-6,12H,1-2,7-10H2,(H2,18,21)(H,22,23)/t12-,17+/m0/s1. The summed E-state index contributed by atoms with van der Waals surface area (Å²) in [6.45, 7) is 0.587. The maximum Gasteiger partial charge on any atom is 0.311 e. The third kappa shape index (κ3) is 2.81. The number of rotatable bonds is 5. The van der Waals surface area contributed by atoms with Gasteiger partial charge in [0.2, 0.25) is 5.91 Å². The van der Waals surface area contributed by atoms with Crippen molar-refractivity contribution in [2.24, 2.45) is 17.1 Å². The predicted octanol–water partition coefficient (Wildman–Crippen LogP) is 0.878. The number of aliphatic carboxylic acids is 1. The van der Waals surface area contributed by atoms with Crippen molar-refractivity contribution >= 4 is 17.8 Å². The van der Waals surface area contributed by atoms with Crippen LogP contribution in [0.3, 0.4) is 0 Å². The smallest absolute Gasteiger partial charge is 0.311 e. The van der Waals surface area contributed by atoms with E-state index in [0.29, 0.717) is 24.3 Å². The van der Waals surface area contributed by atoms with Gasteiger partial charge in [-0.25, -0.2) is 0 Å². The van der Waals surface area contributed by atoms with E-state index in [0.717, 1.165) is 12.8 Å². The summed E-state index contributed by atoms with van der Waals surface area (Å²) in [5, 5.41) is 9.55. The molecule has 24 heavy (non-hydrogen) atoms. The SMILES string of the molecule is NC(=O)c1ccc(OCC(=O)N2C[C@@H]3CCC[C@@]3(C(=O)O)C2)cc1. The Labute approximate surface area is 139 Å². The summed E-state index contributed by atoms with van der Waals surface area (Å²) in [5.74, 6) is -1.05. The second kappa shape index (κ2) is 6.14. The molecule has 1 aromatic carbocycles. The Morgan fingerprint density at radius 2 is 2.00 bits per heavy atom. The van der Waals surface area contributed by atoms with Crippen LogP contribution in [-0.4, -0.2) is 47.5 Å². The highest BCUT2D eigenvalue weighted by Gasteiger charge is 2.55. The molecule has 7 nitrogen and oxygen atoms in total. The second-order valence-electron chi connectivity index (χ2n) is 6.50. The average molecular weight is 332 g/mol. The van der Waals surface area contributed by atoms with Gasteiger partial charge in [-0.3, -0.25) is 14.4 Å². The Morgan fingerprint density at radius 3 is 2.58 bits per heavy atom. The van der Waals surface area contributed by atoms with Crippen LogP contribution in [0.25, 0.3) is 0 Å². The number of ether oxygens (including phenoxy) is 1. The summed E-state index contributed by atoms with van der Waals surface area (Å²) >= 11 is 0. The van der Waals surface area contributed by atoms with Gasteiger partial charge in [-0.1, -0.05) is 6.42 Å². The molecule has 0 unspecified atom stereocenters. The number of carboxylic acid groups (broad SMARTS) is 1. The fourth-order valence-electron chi connectivity index (χ4n) is 3.78. The number of likely N-dealkylation sites (tertiary alicyclic amines) is 1. The predicted molar refractivity (Wildman–Crippen MR) is 84.4 cm³/mol. The number of carboxylic acids is 1. The first-order valence-corrected chi connectivity index (χ1v) is 7.96. The van der Waals surface area contributed by atoms with Gasteiger partial charge >= 0.3 is 5.97 Å². The zero-order chi connectivity index (χ0) is 17.3. The summed E-state index contributed by atoms with van der Waals surface area (Å²) in [7, 11) is 0. The lowest BCUT2D eigenvalue weighted by molar-refractivity contribution is -0.149. The largest absolute Gasteiger partial charge is 0.484 e. The number of fused-ring (bicyclic) bond motifs is 1. The number of carbonyl (C=O) groups is 3. The van der Waals surface area contributed by atoms with Gasteiger partial charge in [0.05, 0.1) is 5.41 Å². The van der Waals surface area contributed by atoms with Gasteiger partial charge in [0.15, 0.2) is 6.61 Å². The van der Waals surface area contributed by atoms with Crippen LogP contribution in [0, 0.1) is 11.3 Å². The maximum absolute atomic E-state index is 12.3. The second-order valence-corrected chi connectivity index (χ2v) is 6.50. The van der Waals surface area contributed by atoms with Crippen LogP contribution in [0.1, 0.15) is 29.6 Å². The fraction of sp³-hybridized carbons (Fsp3) is 0.471. The molecule has 1 saturated carbocycles. The molecule has 1 heterocycles. The van der Waals surface area contributed by atoms with Crippen molar-refractivity contribution in [3.8, 4) is 5.75 Å². The lowest BCUT2D eigenvalue weighted by Crippen LogP contribution is -2.38. The maximum atomic E-state index is 12.3. The highest BCUT2D eigenvalue weighted by molar-refractivity contribution is 5.92. The van der Waals surface area contributed by atoms with Crippen molar-refractivity contribution in [3.63, 3.8) is 0 Å². The van der Waals surface area contributed by atoms with Crippen molar-refractivity contribution < 1.29 is 24.2 Å². The van der Waals surface area contributed by atoms with Crippen LogP contribution in [0.15, 0.2) is 24.3 Å². The first kappa shape index (κ1) is 16.3. The van der Waals surface area contributed by atoms with E-state index >= 15 is 0 Å². The van der Waals surface area contributed by atoms with E-state index < -0.39 is 17.3 Å². The highest BCUT2D eigenvalue weighted by Crippen LogP contribution is 2.48. The van der Waals surface area contributed by atoms with Crippen LogP contribution >= 0.6 is 0 Å². The molecule has 2 aliphatic rings. The van der Waals surface area contributed by atoms with Crippen LogP contribution in [-0.2, 0) is 9.59 Å². The van der Waals surface area contributed by atoms with Gasteiger partial charge < -0.3 is 20.5 Å². The number of amides is 2. The normalized spacial score (nSPS) is 25.3. The molecule has 1 aliphatic carbocycles. The van der Waals surface area contributed by atoms with Gasteiger partial charge in [0.1, 0.15) is 5.75 Å². The molecule has 1 aliphatic heterocycles. The lowest BCUT2D eigenvalue weighted by Gasteiger charge is -2.23. The first-order valence-electron chi connectivity index (χ1n) is 7.96. The Hall–Kier alpha value is -2.57. The summed E-state index contributed by atoms with van der Waals surface area (Å²) in [5.41, 5.74) is 4.75. The molecule has 0 spiro atoms. The Morgan fingerprint density at radius 1 is 1.29 bits per heavy atom. The Kier molecular flexibility index (Phi) is 4.17. The molecule has 128 valence electrons. The minimum atomic E-state index is -0.803. The quantitative estimate of drug-likeness (QED) is 0.831. The molecule has 0 aromatic heterocycles.